The number of carbonyl (C=O) groups is 9. The molecule has 63 heavy (non-hydrogen) atoms. The number of hydrogen-bond donors (Lipinski definition) is 11. The fraction of sp³-hybridized carbons (Fsp3) is 0.643. The molecule has 0 aromatic heterocycles. The van der Waals surface area contributed by atoms with Gasteiger partial charge in [0.1, 0.15) is 42.3 Å². The van der Waals surface area contributed by atoms with Gasteiger partial charge in [-0.25, -0.2) is 4.79 Å². The van der Waals surface area contributed by atoms with Crippen molar-refractivity contribution in [1.29, 1.82) is 0 Å². The number of carboxylic acids is 2. The summed E-state index contributed by atoms with van der Waals surface area (Å²) in [6, 6.07) is -1.47. The zero-order valence-electron chi connectivity index (χ0n) is 36.9. The molecule has 13 N–H and O–H groups in total. The zero-order chi connectivity index (χ0) is 47.6. The molecular weight excluding hydrogens is 823 g/mol. The molecule has 1 fully saturated rings. The largest absolute Gasteiger partial charge is 0.481 e. The van der Waals surface area contributed by atoms with Crippen LogP contribution in [0.3, 0.4) is 0 Å². The van der Waals surface area contributed by atoms with Gasteiger partial charge in [-0.2, -0.15) is 0 Å². The first kappa shape index (κ1) is 53.5. The second kappa shape index (κ2) is 26.1. The summed E-state index contributed by atoms with van der Waals surface area (Å²) in [5, 5.41) is 44.4. The van der Waals surface area contributed by atoms with Crippen LogP contribution < -0.4 is 43.4 Å². The molecule has 1 saturated heterocycles. The highest BCUT2D eigenvalue weighted by Gasteiger charge is 2.40. The Labute approximate surface area is 367 Å². The summed E-state index contributed by atoms with van der Waals surface area (Å²) in [7, 11) is 0. The Bertz CT molecular complexity index is 1750. The maximum atomic E-state index is 13.8. The number of carboxylic acid groups (broad SMARTS) is 2. The number of carbonyl (C=O) groups excluding carboxylic acids is 7. The number of aliphatic hydroxyl groups excluding tert-OH is 1. The van der Waals surface area contributed by atoms with Crippen LogP contribution in [-0.4, -0.2) is 141 Å². The second-order valence-electron chi connectivity index (χ2n) is 16.7. The van der Waals surface area contributed by atoms with E-state index >= 15 is 0 Å². The van der Waals surface area contributed by atoms with Crippen LogP contribution in [0.2, 0.25) is 0 Å². The third-order valence-electron chi connectivity index (χ3n) is 10.4. The van der Waals surface area contributed by atoms with Crippen molar-refractivity contribution >= 4 is 53.3 Å². The summed E-state index contributed by atoms with van der Waals surface area (Å²) in [5.74, 6) is -9.36. The van der Waals surface area contributed by atoms with Crippen LogP contribution in [0.4, 0.5) is 0 Å². The third-order valence-corrected chi connectivity index (χ3v) is 10.4. The highest BCUT2D eigenvalue weighted by Crippen LogP contribution is 2.20. The predicted molar refractivity (Wildman–Crippen MR) is 229 cm³/mol. The second-order valence-corrected chi connectivity index (χ2v) is 16.7. The Morgan fingerprint density at radius 1 is 0.730 bits per heavy atom. The molecule has 1 aromatic carbocycles. The molecule has 7 amide bonds. The first-order chi connectivity index (χ1) is 29.6. The van der Waals surface area contributed by atoms with Gasteiger partial charge in [0, 0.05) is 6.54 Å². The van der Waals surface area contributed by atoms with Gasteiger partial charge < -0.3 is 63.6 Å². The minimum atomic E-state index is -1.78. The van der Waals surface area contributed by atoms with Gasteiger partial charge in [0.05, 0.1) is 18.6 Å². The first-order valence-electron chi connectivity index (χ1n) is 21.3. The molecule has 1 aromatic rings. The lowest BCUT2D eigenvalue weighted by Gasteiger charge is -2.30. The average Bonchev–Trinajstić information content (AvgIpc) is 3.70. The van der Waals surface area contributed by atoms with Gasteiger partial charge in [-0.3, -0.25) is 38.4 Å². The van der Waals surface area contributed by atoms with E-state index in [4.69, 9.17) is 11.5 Å². The van der Waals surface area contributed by atoms with E-state index in [1.54, 1.807) is 27.7 Å². The van der Waals surface area contributed by atoms with E-state index in [1.165, 1.54) is 18.7 Å². The molecule has 1 heterocycles. The summed E-state index contributed by atoms with van der Waals surface area (Å²) < 4.78 is 0. The van der Waals surface area contributed by atoms with Crippen molar-refractivity contribution in [2.45, 2.75) is 147 Å². The Morgan fingerprint density at radius 2 is 1.32 bits per heavy atom. The Morgan fingerprint density at radius 3 is 1.87 bits per heavy atom. The summed E-state index contributed by atoms with van der Waals surface area (Å²) >= 11 is 0. The molecule has 2 rings (SSSR count). The molecule has 9 atom stereocenters. The Balaban J connectivity index is 2.22. The summed E-state index contributed by atoms with van der Waals surface area (Å²) in [5.41, 5.74) is 12.7. The molecule has 0 saturated carbocycles. The average molecular weight is 890 g/mol. The number of aliphatic carboxylic acids is 2. The Hall–Kier alpha value is -5.67. The molecule has 0 spiro atoms. The van der Waals surface area contributed by atoms with E-state index in [2.05, 4.69) is 31.9 Å². The normalized spacial score (nSPS) is 17.5. The highest BCUT2D eigenvalue weighted by molar-refractivity contribution is 5.98. The van der Waals surface area contributed by atoms with Gasteiger partial charge in [-0.15, -0.1) is 0 Å². The number of hydrogen-bond acceptors (Lipinski definition) is 12. The van der Waals surface area contributed by atoms with Crippen LogP contribution in [0, 0.1) is 11.8 Å². The maximum Gasteiger partial charge on any atom is 0.326 e. The van der Waals surface area contributed by atoms with E-state index < -0.39 is 120 Å². The van der Waals surface area contributed by atoms with E-state index in [9.17, 15) is 58.5 Å². The SMILES string of the molecule is CC(C)C[C@H](NC(=O)[C@H](C)NC(=O)[C@@H](NC(=O)[C@H](CC(=O)O)NC(=O)[C@H](CCCCN)NC(=O)[C@@H](NC(=O)[C@@H]1CCCN1C(=O)[C@@H](N)Cc1ccccc1)[C@@H](C)O)C(C)C)C(=O)O. The molecule has 0 radical (unpaired) electrons. The lowest BCUT2D eigenvalue weighted by molar-refractivity contribution is -0.142. The molecule has 352 valence electrons. The molecule has 0 unspecified atom stereocenters. The van der Waals surface area contributed by atoms with Crippen LogP contribution in [0.1, 0.15) is 92.1 Å². The smallest absolute Gasteiger partial charge is 0.326 e. The van der Waals surface area contributed by atoms with Crippen molar-refractivity contribution in [1.82, 2.24) is 36.8 Å². The topological polar surface area (TPSA) is 342 Å². The molecule has 1 aliphatic heterocycles. The lowest BCUT2D eigenvalue weighted by atomic mass is 10.0. The predicted octanol–water partition coefficient (Wildman–Crippen LogP) is -1.75. The quantitative estimate of drug-likeness (QED) is 0.0460. The van der Waals surface area contributed by atoms with Crippen molar-refractivity contribution in [2.24, 2.45) is 23.3 Å². The number of amides is 7. The minimum Gasteiger partial charge on any atom is -0.481 e. The fourth-order valence-corrected chi connectivity index (χ4v) is 6.95. The van der Waals surface area contributed by atoms with E-state index in [0.29, 0.717) is 12.8 Å². The van der Waals surface area contributed by atoms with Crippen molar-refractivity contribution in [3.8, 4) is 0 Å². The molecule has 0 bridgehead atoms. The molecule has 0 aliphatic carbocycles. The fourth-order valence-electron chi connectivity index (χ4n) is 6.95. The van der Waals surface area contributed by atoms with E-state index in [1.807, 2.05) is 30.3 Å². The number of nitrogens with two attached hydrogens (primary N) is 2. The first-order valence-corrected chi connectivity index (χ1v) is 21.3. The van der Waals surface area contributed by atoms with Crippen LogP contribution in [-0.2, 0) is 49.6 Å². The number of likely N-dealkylation sites (tertiary alicyclic amines) is 1. The molecule has 1 aliphatic rings. The number of unbranched alkanes of at least 4 members (excludes halogenated alkanes) is 1. The summed E-state index contributed by atoms with van der Waals surface area (Å²) in [4.78, 5) is 119. The van der Waals surface area contributed by atoms with Gasteiger partial charge in [0.2, 0.25) is 41.4 Å². The van der Waals surface area contributed by atoms with Crippen molar-refractivity contribution < 1.29 is 58.5 Å². The molecular formula is C42H67N9O12. The Kier molecular flexibility index (Phi) is 22.1. The van der Waals surface area contributed by atoms with Crippen LogP contribution >= 0.6 is 0 Å². The van der Waals surface area contributed by atoms with Gasteiger partial charge in [-0.05, 0) is 82.7 Å². The van der Waals surface area contributed by atoms with Crippen molar-refractivity contribution in [3.05, 3.63) is 35.9 Å². The van der Waals surface area contributed by atoms with Crippen LogP contribution in [0.15, 0.2) is 30.3 Å². The van der Waals surface area contributed by atoms with Gasteiger partial charge in [0.15, 0.2) is 0 Å². The standard InChI is InChI=1S/C42H67N9O12/c1-22(2)19-30(42(62)63)48-35(55)24(5)45-39(59)33(23(3)4)49-37(57)29(21-32(53)54)47-36(56)28(15-10-11-17-43)46-40(60)34(25(6)52)50-38(58)31-16-12-18-51(31)41(61)27(44)20-26-13-8-7-9-14-26/h7-9,13-14,22-25,27-31,33-34,52H,10-12,15-21,43-44H2,1-6H3,(H,45,59)(H,46,60)(H,47,56)(H,48,55)(H,49,57)(H,50,58)(H,53,54)(H,62,63)/t24-,25+,27-,28-,29-,30-,31-,33-,34-/m0/s1. The zero-order valence-corrected chi connectivity index (χ0v) is 36.9. The van der Waals surface area contributed by atoms with E-state index in [0.717, 1.165) is 5.56 Å². The van der Waals surface area contributed by atoms with Crippen molar-refractivity contribution in [3.63, 3.8) is 0 Å². The highest BCUT2D eigenvalue weighted by atomic mass is 16.4. The van der Waals surface area contributed by atoms with Gasteiger partial charge in [-0.1, -0.05) is 58.0 Å². The number of aliphatic hydroxyl groups is 1. The number of benzene rings is 1. The van der Waals surface area contributed by atoms with Gasteiger partial charge in [0.25, 0.3) is 0 Å². The third kappa shape index (κ3) is 17.6. The van der Waals surface area contributed by atoms with Crippen LogP contribution in [0.25, 0.3) is 0 Å². The van der Waals surface area contributed by atoms with Gasteiger partial charge >= 0.3 is 11.9 Å². The summed E-state index contributed by atoms with van der Waals surface area (Å²) in [6.07, 6.45) is -0.704. The van der Waals surface area contributed by atoms with Crippen LogP contribution in [0.5, 0.6) is 0 Å². The number of rotatable bonds is 26. The monoisotopic (exact) mass is 889 g/mol. The summed E-state index contributed by atoms with van der Waals surface area (Å²) in [6.45, 7) is 9.70. The molecule has 21 heteroatoms. The molecule has 21 nitrogen and oxygen atoms in total. The van der Waals surface area contributed by atoms with Crippen molar-refractivity contribution in [2.75, 3.05) is 13.1 Å². The number of nitrogens with zero attached hydrogens (tertiary/aromatic N) is 1. The van der Waals surface area contributed by atoms with E-state index in [-0.39, 0.29) is 51.1 Å². The number of nitrogens with one attached hydrogen (secondary N) is 6. The lowest BCUT2D eigenvalue weighted by Crippen LogP contribution is -2.61. The minimum absolute atomic E-state index is 0.0578. The maximum absolute atomic E-state index is 13.8.